The second-order valence-electron chi connectivity index (χ2n) is 5.35. The van der Waals surface area contributed by atoms with Gasteiger partial charge in [-0.15, -0.1) is 0 Å². The van der Waals surface area contributed by atoms with Crippen molar-refractivity contribution in [3.63, 3.8) is 0 Å². The van der Waals surface area contributed by atoms with Crippen molar-refractivity contribution in [2.24, 2.45) is 0 Å². The summed E-state index contributed by atoms with van der Waals surface area (Å²) in [5.41, 5.74) is 1.60. The maximum Gasteiger partial charge on any atom is 0.261 e. The molecular weight excluding hydrogens is 359 g/mol. The lowest BCUT2D eigenvalue weighted by Gasteiger charge is -2.06. The van der Waals surface area contributed by atoms with E-state index in [0.29, 0.717) is 12.1 Å². The largest absolute Gasteiger partial charge is 0.505 e. The number of phenols is 1. The zero-order valence-corrected chi connectivity index (χ0v) is 14.8. The molecule has 0 aliphatic carbocycles. The fourth-order valence-electron chi connectivity index (χ4n) is 2.22. The standard InChI is InChI=1S/C19H16Cl2N2O2/c20-16-10-14(11-17(21)18(16)24)9-15(12-22)19(25)23-8-4-7-13-5-2-1-3-6-13/h1-3,5-6,9-11,24H,4,7-8H2,(H,23,25)/b15-9-. The second kappa shape index (κ2) is 9.12. The van der Waals surface area contributed by atoms with Crippen LogP contribution < -0.4 is 5.32 Å². The number of rotatable bonds is 6. The van der Waals surface area contributed by atoms with E-state index in [0.717, 1.165) is 12.8 Å². The Kier molecular flexibility index (Phi) is 6.88. The first kappa shape index (κ1) is 18.9. The van der Waals surface area contributed by atoms with Gasteiger partial charge in [0.2, 0.25) is 0 Å². The number of phenolic OH excluding ortho intramolecular Hbond substituents is 1. The minimum Gasteiger partial charge on any atom is -0.505 e. The van der Waals surface area contributed by atoms with Crippen LogP contribution in [0.1, 0.15) is 17.5 Å². The molecule has 25 heavy (non-hydrogen) atoms. The van der Waals surface area contributed by atoms with E-state index in [1.54, 1.807) is 0 Å². The molecule has 0 unspecified atom stereocenters. The van der Waals surface area contributed by atoms with Crippen molar-refractivity contribution in [3.05, 3.63) is 69.2 Å². The first-order valence-electron chi connectivity index (χ1n) is 7.63. The van der Waals surface area contributed by atoms with E-state index in [2.05, 4.69) is 5.32 Å². The van der Waals surface area contributed by atoms with Gasteiger partial charge in [-0.3, -0.25) is 4.79 Å². The van der Waals surface area contributed by atoms with E-state index in [1.165, 1.54) is 23.8 Å². The van der Waals surface area contributed by atoms with E-state index in [-0.39, 0.29) is 21.4 Å². The molecule has 0 spiro atoms. The van der Waals surface area contributed by atoms with Crippen molar-refractivity contribution >= 4 is 35.2 Å². The zero-order chi connectivity index (χ0) is 18.2. The first-order valence-corrected chi connectivity index (χ1v) is 8.39. The van der Waals surface area contributed by atoms with E-state index < -0.39 is 5.91 Å². The summed E-state index contributed by atoms with van der Waals surface area (Å²) in [5, 5.41) is 21.6. The number of aromatic hydroxyl groups is 1. The fourth-order valence-corrected chi connectivity index (χ4v) is 2.72. The lowest BCUT2D eigenvalue weighted by atomic mass is 10.1. The number of nitrogens with zero attached hydrogens (tertiary/aromatic N) is 1. The number of benzene rings is 2. The number of hydrogen-bond donors (Lipinski definition) is 2. The highest BCUT2D eigenvalue weighted by atomic mass is 35.5. The third kappa shape index (κ3) is 5.53. The molecule has 4 nitrogen and oxygen atoms in total. The van der Waals surface area contributed by atoms with Gasteiger partial charge in [-0.25, -0.2) is 0 Å². The minimum atomic E-state index is -0.462. The average molecular weight is 375 g/mol. The van der Waals surface area contributed by atoms with Crippen LogP contribution in [-0.4, -0.2) is 17.6 Å². The van der Waals surface area contributed by atoms with E-state index in [4.69, 9.17) is 23.2 Å². The molecule has 0 fully saturated rings. The molecule has 2 rings (SSSR count). The summed E-state index contributed by atoms with van der Waals surface area (Å²) in [4.78, 5) is 12.1. The molecule has 0 saturated carbocycles. The van der Waals surface area contributed by atoms with Crippen LogP contribution in [0.15, 0.2) is 48.0 Å². The smallest absolute Gasteiger partial charge is 0.261 e. The quantitative estimate of drug-likeness (QED) is 0.448. The number of carbonyl (C=O) groups is 1. The number of halogens is 2. The molecule has 0 heterocycles. The molecular formula is C19H16Cl2N2O2. The van der Waals surface area contributed by atoms with Gasteiger partial charge in [-0.1, -0.05) is 53.5 Å². The molecule has 0 bridgehead atoms. The van der Waals surface area contributed by atoms with Crippen molar-refractivity contribution in [3.8, 4) is 11.8 Å². The molecule has 128 valence electrons. The lowest BCUT2D eigenvalue weighted by molar-refractivity contribution is -0.117. The van der Waals surface area contributed by atoms with Gasteiger partial charge in [0.25, 0.3) is 5.91 Å². The maximum atomic E-state index is 12.1. The first-order chi connectivity index (χ1) is 12.0. The number of nitriles is 1. The van der Waals surface area contributed by atoms with Gasteiger partial charge in [0.1, 0.15) is 11.6 Å². The third-order valence-electron chi connectivity index (χ3n) is 3.49. The highest BCUT2D eigenvalue weighted by Crippen LogP contribution is 2.33. The van der Waals surface area contributed by atoms with Gasteiger partial charge >= 0.3 is 0 Å². The molecule has 0 saturated heterocycles. The Hall–Kier alpha value is -2.48. The summed E-state index contributed by atoms with van der Waals surface area (Å²) in [6, 6.07) is 14.7. The molecule has 0 radical (unpaired) electrons. The summed E-state index contributed by atoms with van der Waals surface area (Å²) >= 11 is 11.7. The van der Waals surface area contributed by atoms with Crippen LogP contribution in [-0.2, 0) is 11.2 Å². The fraction of sp³-hybridized carbons (Fsp3) is 0.158. The summed E-state index contributed by atoms with van der Waals surface area (Å²) < 4.78 is 0. The normalized spacial score (nSPS) is 11.0. The van der Waals surface area contributed by atoms with Crippen molar-refractivity contribution in [1.29, 1.82) is 5.26 Å². The van der Waals surface area contributed by atoms with Gasteiger partial charge in [-0.2, -0.15) is 5.26 Å². The van der Waals surface area contributed by atoms with Crippen LogP contribution in [0.4, 0.5) is 0 Å². The van der Waals surface area contributed by atoms with Gasteiger partial charge in [0.15, 0.2) is 5.75 Å². The number of nitrogens with one attached hydrogen (secondary N) is 1. The summed E-state index contributed by atoms with van der Waals surface area (Å²) in [7, 11) is 0. The van der Waals surface area contributed by atoms with Gasteiger partial charge in [-0.05, 0) is 42.2 Å². The monoisotopic (exact) mass is 374 g/mol. The van der Waals surface area contributed by atoms with Crippen LogP contribution in [0.3, 0.4) is 0 Å². The Balaban J connectivity index is 1.95. The van der Waals surface area contributed by atoms with Crippen molar-refractivity contribution in [2.75, 3.05) is 6.54 Å². The topological polar surface area (TPSA) is 73.1 Å². The minimum absolute atomic E-state index is 0.0549. The van der Waals surface area contributed by atoms with Gasteiger partial charge in [0, 0.05) is 6.54 Å². The van der Waals surface area contributed by atoms with Gasteiger partial charge in [0.05, 0.1) is 10.0 Å². The molecule has 0 aliphatic rings. The number of aryl methyl sites for hydroxylation is 1. The molecule has 2 aromatic carbocycles. The van der Waals surface area contributed by atoms with Crippen molar-refractivity contribution in [2.45, 2.75) is 12.8 Å². The molecule has 0 atom stereocenters. The van der Waals surface area contributed by atoms with Gasteiger partial charge < -0.3 is 10.4 Å². The summed E-state index contributed by atoms with van der Waals surface area (Å²) in [5.74, 6) is -0.694. The summed E-state index contributed by atoms with van der Waals surface area (Å²) in [6.07, 6.45) is 2.99. The zero-order valence-electron chi connectivity index (χ0n) is 13.3. The van der Waals surface area contributed by atoms with Crippen molar-refractivity contribution in [1.82, 2.24) is 5.32 Å². The Labute approximate surface area is 156 Å². The Morgan fingerprint density at radius 2 is 1.84 bits per heavy atom. The molecule has 0 aromatic heterocycles. The van der Waals surface area contributed by atoms with Crippen LogP contribution in [0.2, 0.25) is 10.0 Å². The number of amides is 1. The maximum absolute atomic E-state index is 12.1. The number of carbonyl (C=O) groups excluding carboxylic acids is 1. The third-order valence-corrected chi connectivity index (χ3v) is 4.06. The van der Waals surface area contributed by atoms with Crippen molar-refractivity contribution < 1.29 is 9.90 Å². The Morgan fingerprint density at radius 3 is 2.44 bits per heavy atom. The summed E-state index contributed by atoms with van der Waals surface area (Å²) in [6.45, 7) is 0.462. The van der Waals surface area contributed by atoms with Crippen LogP contribution in [0.5, 0.6) is 5.75 Å². The van der Waals surface area contributed by atoms with Crippen LogP contribution in [0.25, 0.3) is 6.08 Å². The van der Waals surface area contributed by atoms with E-state index in [9.17, 15) is 15.2 Å². The average Bonchev–Trinajstić information content (AvgIpc) is 2.61. The highest BCUT2D eigenvalue weighted by Gasteiger charge is 2.11. The van der Waals surface area contributed by atoms with Crippen LogP contribution in [0, 0.1) is 11.3 Å². The predicted molar refractivity (Wildman–Crippen MR) is 99.5 cm³/mol. The Morgan fingerprint density at radius 1 is 1.20 bits per heavy atom. The molecule has 2 N–H and O–H groups in total. The predicted octanol–water partition coefficient (Wildman–Crippen LogP) is 4.35. The van der Waals surface area contributed by atoms with E-state index >= 15 is 0 Å². The highest BCUT2D eigenvalue weighted by molar-refractivity contribution is 6.37. The molecule has 2 aromatic rings. The lowest BCUT2D eigenvalue weighted by Crippen LogP contribution is -2.25. The molecule has 0 aliphatic heterocycles. The van der Waals surface area contributed by atoms with Crippen LogP contribution >= 0.6 is 23.2 Å². The molecule has 6 heteroatoms. The second-order valence-corrected chi connectivity index (χ2v) is 6.16. The SMILES string of the molecule is N#C/C(=C/c1cc(Cl)c(O)c(Cl)c1)C(=O)NCCCc1ccccc1. The Bertz CT molecular complexity index is 804. The number of hydrogen-bond acceptors (Lipinski definition) is 3. The van der Waals surface area contributed by atoms with E-state index in [1.807, 2.05) is 36.4 Å². The molecule has 1 amide bonds.